The van der Waals surface area contributed by atoms with E-state index in [2.05, 4.69) is 15.9 Å². The second kappa shape index (κ2) is 6.67. The maximum absolute atomic E-state index is 13.8. The average molecular weight is 357 g/mol. The van der Waals surface area contributed by atoms with Gasteiger partial charge in [-0.2, -0.15) is 0 Å². The molecule has 0 aliphatic carbocycles. The predicted molar refractivity (Wildman–Crippen MR) is 76.8 cm³/mol. The third kappa shape index (κ3) is 3.39. The number of hydrogen-bond donors (Lipinski definition) is 0. The molecule has 0 aromatic heterocycles. The van der Waals surface area contributed by atoms with Gasteiger partial charge in [-0.3, -0.25) is 4.79 Å². The molecule has 0 atom stereocenters. The fourth-order valence-corrected chi connectivity index (χ4v) is 2.10. The molecule has 3 nitrogen and oxygen atoms in total. The van der Waals surface area contributed by atoms with E-state index < -0.39 is 11.6 Å². The molecule has 110 valence electrons. The van der Waals surface area contributed by atoms with Crippen LogP contribution in [0.4, 0.5) is 8.78 Å². The van der Waals surface area contributed by atoms with Crippen LogP contribution in [0.3, 0.4) is 0 Å². The second-order valence-electron chi connectivity index (χ2n) is 4.14. The van der Waals surface area contributed by atoms with Gasteiger partial charge in [0, 0.05) is 5.56 Å². The molecule has 0 amide bonds. The van der Waals surface area contributed by atoms with E-state index in [1.807, 2.05) is 0 Å². The molecule has 2 aromatic rings. The Labute approximate surface area is 128 Å². The highest BCUT2D eigenvalue weighted by Gasteiger charge is 2.14. The van der Waals surface area contributed by atoms with Gasteiger partial charge in [0.05, 0.1) is 17.1 Å². The Morgan fingerprint density at radius 1 is 1.19 bits per heavy atom. The molecule has 21 heavy (non-hydrogen) atoms. The molecule has 0 aliphatic heterocycles. The highest BCUT2D eigenvalue weighted by molar-refractivity contribution is 9.10. The number of rotatable bonds is 5. The van der Waals surface area contributed by atoms with Crippen molar-refractivity contribution >= 4 is 22.2 Å². The zero-order valence-corrected chi connectivity index (χ0v) is 12.6. The summed E-state index contributed by atoms with van der Waals surface area (Å²) in [5, 5.41) is 0. The van der Waals surface area contributed by atoms with Crippen LogP contribution in [0.1, 0.15) is 15.9 Å². The lowest BCUT2D eigenvalue weighted by atomic mass is 10.2. The first-order chi connectivity index (χ1) is 10.1. The fourth-order valence-electron chi connectivity index (χ4n) is 1.73. The lowest BCUT2D eigenvalue weighted by Crippen LogP contribution is -2.04. The van der Waals surface area contributed by atoms with Crippen molar-refractivity contribution in [2.24, 2.45) is 0 Å². The number of methoxy groups -OCH3 is 1. The van der Waals surface area contributed by atoms with Crippen molar-refractivity contribution in [1.29, 1.82) is 0 Å². The van der Waals surface area contributed by atoms with Gasteiger partial charge in [-0.15, -0.1) is 0 Å². The van der Waals surface area contributed by atoms with E-state index in [4.69, 9.17) is 9.47 Å². The summed E-state index contributed by atoms with van der Waals surface area (Å²) in [4.78, 5) is 10.8. The fraction of sp³-hybridized carbons (Fsp3) is 0.133. The zero-order chi connectivity index (χ0) is 15.4. The number of carbonyl (C=O) groups is 1. The summed E-state index contributed by atoms with van der Waals surface area (Å²) >= 11 is 2.99. The molecule has 0 saturated carbocycles. The van der Waals surface area contributed by atoms with Crippen molar-refractivity contribution in [3.63, 3.8) is 0 Å². The summed E-state index contributed by atoms with van der Waals surface area (Å²) in [6.45, 7) is -0.324. The molecule has 0 saturated heterocycles. The molecule has 0 bridgehead atoms. The molecule has 0 unspecified atom stereocenters. The van der Waals surface area contributed by atoms with Crippen LogP contribution < -0.4 is 9.47 Å². The molecule has 0 heterocycles. The number of carbonyl (C=O) groups excluding carboxylic acids is 1. The quantitative estimate of drug-likeness (QED) is 0.596. The predicted octanol–water partition coefficient (Wildman–Crippen LogP) is 4.13. The summed E-state index contributed by atoms with van der Waals surface area (Å²) < 4.78 is 38.1. The highest BCUT2D eigenvalue weighted by Crippen LogP contribution is 2.29. The van der Waals surface area contributed by atoms with Crippen molar-refractivity contribution < 1.29 is 23.0 Å². The topological polar surface area (TPSA) is 35.5 Å². The van der Waals surface area contributed by atoms with Crippen molar-refractivity contribution in [2.45, 2.75) is 6.61 Å². The Kier molecular flexibility index (Phi) is 4.90. The molecular formula is C15H11BrF2O3. The van der Waals surface area contributed by atoms with Gasteiger partial charge in [0.1, 0.15) is 24.5 Å². The summed E-state index contributed by atoms with van der Waals surface area (Å²) in [5.74, 6) is -0.820. The van der Waals surface area contributed by atoms with Crippen LogP contribution in [0.5, 0.6) is 11.5 Å². The van der Waals surface area contributed by atoms with Crippen LogP contribution in [0.25, 0.3) is 0 Å². The average Bonchev–Trinajstić information content (AvgIpc) is 2.50. The lowest BCUT2D eigenvalue weighted by Gasteiger charge is -2.12. The van der Waals surface area contributed by atoms with E-state index in [0.717, 1.165) is 6.07 Å². The second-order valence-corrected chi connectivity index (χ2v) is 4.99. The van der Waals surface area contributed by atoms with Gasteiger partial charge in [0.2, 0.25) is 0 Å². The zero-order valence-electron chi connectivity index (χ0n) is 11.0. The first-order valence-electron chi connectivity index (χ1n) is 5.95. The maximum atomic E-state index is 13.8. The van der Waals surface area contributed by atoms with E-state index >= 15 is 0 Å². The minimum atomic E-state index is -0.722. The largest absolute Gasteiger partial charge is 0.493 e. The number of ether oxygens (including phenoxy) is 2. The summed E-state index contributed by atoms with van der Waals surface area (Å²) in [6.07, 6.45) is 0.645. The molecule has 0 spiro atoms. The summed E-state index contributed by atoms with van der Waals surface area (Å²) in [7, 11) is 1.43. The van der Waals surface area contributed by atoms with Crippen LogP contribution in [-0.4, -0.2) is 13.4 Å². The normalized spacial score (nSPS) is 10.3. The summed E-state index contributed by atoms with van der Waals surface area (Å²) in [5.41, 5.74) is 0.170. The third-order valence-electron chi connectivity index (χ3n) is 2.83. The molecule has 0 aliphatic rings. The number of halogens is 3. The smallest absolute Gasteiger partial charge is 0.162 e. The number of benzene rings is 2. The van der Waals surface area contributed by atoms with Crippen molar-refractivity contribution in [1.82, 2.24) is 0 Å². The molecule has 0 radical (unpaired) electrons. The molecule has 6 heteroatoms. The van der Waals surface area contributed by atoms with Crippen LogP contribution in [0, 0.1) is 11.6 Å². The van der Waals surface area contributed by atoms with Crippen molar-refractivity contribution in [3.05, 3.63) is 57.6 Å². The Bertz CT molecular complexity index is 674. The molecule has 2 rings (SSSR count). The number of aldehydes is 1. The minimum Gasteiger partial charge on any atom is -0.493 e. The monoisotopic (exact) mass is 356 g/mol. The van der Waals surface area contributed by atoms with Gasteiger partial charge >= 0.3 is 0 Å². The third-order valence-corrected chi connectivity index (χ3v) is 3.45. The minimum absolute atomic E-state index is 0.149. The van der Waals surface area contributed by atoms with Crippen LogP contribution >= 0.6 is 15.9 Å². The van der Waals surface area contributed by atoms with E-state index in [9.17, 15) is 13.6 Å². The maximum Gasteiger partial charge on any atom is 0.162 e. The Morgan fingerprint density at radius 3 is 2.62 bits per heavy atom. The van der Waals surface area contributed by atoms with Gasteiger partial charge in [-0.25, -0.2) is 8.78 Å². The first kappa shape index (κ1) is 15.4. The van der Waals surface area contributed by atoms with Crippen LogP contribution in [0.2, 0.25) is 0 Å². The Balaban J connectivity index is 2.28. The molecule has 0 fully saturated rings. The van der Waals surface area contributed by atoms with Gasteiger partial charge in [0.25, 0.3) is 0 Å². The van der Waals surface area contributed by atoms with E-state index in [1.54, 1.807) is 12.1 Å². The lowest BCUT2D eigenvalue weighted by molar-refractivity contribution is 0.112. The van der Waals surface area contributed by atoms with Gasteiger partial charge < -0.3 is 9.47 Å². The van der Waals surface area contributed by atoms with Crippen LogP contribution in [0.15, 0.2) is 34.8 Å². The highest BCUT2D eigenvalue weighted by atomic mass is 79.9. The van der Waals surface area contributed by atoms with Gasteiger partial charge in [-0.1, -0.05) is 0 Å². The molecule has 2 aromatic carbocycles. The van der Waals surface area contributed by atoms with Crippen molar-refractivity contribution in [2.75, 3.05) is 7.11 Å². The van der Waals surface area contributed by atoms with E-state index in [0.29, 0.717) is 17.6 Å². The van der Waals surface area contributed by atoms with Gasteiger partial charge in [0.15, 0.2) is 11.5 Å². The Morgan fingerprint density at radius 2 is 1.95 bits per heavy atom. The summed E-state index contributed by atoms with van der Waals surface area (Å²) in [6, 6.07) is 6.97. The van der Waals surface area contributed by atoms with Crippen LogP contribution in [-0.2, 0) is 6.61 Å². The van der Waals surface area contributed by atoms with Gasteiger partial charge in [-0.05, 0) is 46.3 Å². The van der Waals surface area contributed by atoms with Crippen molar-refractivity contribution in [3.8, 4) is 11.5 Å². The number of hydrogen-bond acceptors (Lipinski definition) is 3. The Hall–Kier alpha value is -1.95. The first-order valence-corrected chi connectivity index (χ1v) is 6.74. The standard InChI is InChI=1S/C15H11BrF2O3/c1-20-13-5-2-9(7-19)6-14(13)21-8-10-12(17)4-3-11(16)15(10)18/h2-7H,8H2,1H3. The molecular weight excluding hydrogens is 346 g/mol. The SMILES string of the molecule is COc1ccc(C=O)cc1OCc1c(F)ccc(Br)c1F. The van der Waals surface area contributed by atoms with E-state index in [1.165, 1.54) is 19.2 Å². The molecule has 0 N–H and O–H groups in total. The van der Waals surface area contributed by atoms with E-state index in [-0.39, 0.29) is 22.4 Å².